The van der Waals surface area contributed by atoms with Crippen molar-refractivity contribution in [2.24, 2.45) is 23.1 Å². The van der Waals surface area contributed by atoms with E-state index in [-0.39, 0.29) is 55.9 Å². The SMILES string of the molecule is CC(C)C[C@H](NC(=O)[C@@H](N)CS)C(=O)N[C@@H](CCCNC(=N)N)C(=O)N[C@@H](CCCNC(=N)N)C(=O)O. The van der Waals surface area contributed by atoms with Crippen LogP contribution in [-0.2, 0) is 19.2 Å². The van der Waals surface area contributed by atoms with E-state index in [0.29, 0.717) is 12.8 Å². The first-order valence-corrected chi connectivity index (χ1v) is 12.6. The molecule has 0 aliphatic carbocycles. The van der Waals surface area contributed by atoms with Crippen LogP contribution in [-0.4, -0.2) is 83.7 Å². The molecular formula is C21H42N10O5S. The minimum Gasteiger partial charge on any atom is -0.480 e. The Morgan fingerprint density at radius 1 is 0.811 bits per heavy atom. The van der Waals surface area contributed by atoms with E-state index >= 15 is 0 Å². The van der Waals surface area contributed by atoms with E-state index in [9.17, 15) is 24.3 Å². The summed E-state index contributed by atoms with van der Waals surface area (Å²) in [6, 6.07) is -4.26. The van der Waals surface area contributed by atoms with Crippen LogP contribution in [0.3, 0.4) is 0 Å². The van der Waals surface area contributed by atoms with E-state index in [1.165, 1.54) is 0 Å². The van der Waals surface area contributed by atoms with E-state index in [4.69, 9.17) is 28.0 Å². The normalized spacial score (nSPS) is 14.0. The van der Waals surface area contributed by atoms with Gasteiger partial charge in [0.25, 0.3) is 0 Å². The third-order valence-electron chi connectivity index (χ3n) is 5.09. The standard InChI is InChI=1S/C21H42N10O5S/c1-11(2)9-15(31-16(32)12(22)10-37)18(34)29-13(5-3-7-27-20(23)24)17(33)30-14(19(35)36)6-4-8-28-21(25)26/h11-15,37H,3-10,22H2,1-2H3,(H,29,34)(H,30,33)(H,31,32)(H,35,36)(H4,23,24,27)(H4,25,26,28)/t12-,13-,14-,15-/m0/s1. The number of amides is 3. The van der Waals surface area contributed by atoms with Crippen LogP contribution in [0.2, 0.25) is 0 Å². The average molecular weight is 547 g/mol. The second-order valence-corrected chi connectivity index (χ2v) is 9.27. The molecule has 0 aliphatic heterocycles. The summed E-state index contributed by atoms with van der Waals surface area (Å²) in [6.45, 7) is 4.22. The topological polar surface area (TPSA) is 274 Å². The number of nitrogens with two attached hydrogens (primary N) is 3. The second kappa shape index (κ2) is 18.0. The van der Waals surface area contributed by atoms with Gasteiger partial charge in [0.05, 0.1) is 6.04 Å². The lowest BCUT2D eigenvalue weighted by atomic mass is 10.0. The quantitative estimate of drug-likeness (QED) is 0.0367. The van der Waals surface area contributed by atoms with Crippen molar-refractivity contribution in [2.45, 2.75) is 70.1 Å². The van der Waals surface area contributed by atoms with Crippen molar-refractivity contribution in [3.05, 3.63) is 0 Å². The zero-order valence-electron chi connectivity index (χ0n) is 21.3. The van der Waals surface area contributed by atoms with Crippen LogP contribution in [0, 0.1) is 16.7 Å². The van der Waals surface area contributed by atoms with Crippen LogP contribution < -0.4 is 43.8 Å². The van der Waals surface area contributed by atoms with Gasteiger partial charge in [0.2, 0.25) is 17.7 Å². The minimum absolute atomic E-state index is 0.0234. The molecule has 15 nitrogen and oxygen atoms in total. The zero-order valence-corrected chi connectivity index (χ0v) is 22.2. The number of hydrogen-bond donors (Lipinski definition) is 12. The molecule has 212 valence electrons. The van der Waals surface area contributed by atoms with Crippen molar-refractivity contribution in [1.82, 2.24) is 26.6 Å². The number of rotatable bonds is 18. The van der Waals surface area contributed by atoms with Gasteiger partial charge in [-0.2, -0.15) is 12.6 Å². The van der Waals surface area contributed by atoms with E-state index in [1.807, 2.05) is 13.8 Å². The molecule has 0 fully saturated rings. The Labute approximate surface area is 222 Å². The average Bonchev–Trinajstić information content (AvgIpc) is 2.80. The van der Waals surface area contributed by atoms with E-state index in [2.05, 4.69) is 39.2 Å². The largest absolute Gasteiger partial charge is 0.480 e. The molecule has 14 N–H and O–H groups in total. The number of carbonyl (C=O) groups excluding carboxylic acids is 3. The number of carboxylic acid groups (broad SMARTS) is 1. The van der Waals surface area contributed by atoms with Crippen LogP contribution in [0.25, 0.3) is 0 Å². The first-order chi connectivity index (χ1) is 17.3. The third kappa shape index (κ3) is 15.4. The highest BCUT2D eigenvalue weighted by molar-refractivity contribution is 7.80. The molecule has 0 aromatic rings. The number of thiol groups is 1. The van der Waals surface area contributed by atoms with Gasteiger partial charge in [-0.15, -0.1) is 0 Å². The van der Waals surface area contributed by atoms with E-state index in [0.717, 1.165) is 0 Å². The van der Waals surface area contributed by atoms with E-state index < -0.39 is 47.9 Å². The molecule has 0 heterocycles. The van der Waals surface area contributed by atoms with Crippen LogP contribution >= 0.6 is 12.6 Å². The molecule has 0 saturated heterocycles. The summed E-state index contributed by atoms with van der Waals surface area (Å²) in [7, 11) is 0. The Morgan fingerprint density at radius 2 is 1.24 bits per heavy atom. The highest BCUT2D eigenvalue weighted by atomic mass is 32.1. The highest BCUT2D eigenvalue weighted by Gasteiger charge is 2.30. The molecular weight excluding hydrogens is 504 g/mol. The Kier molecular flexibility index (Phi) is 16.5. The number of aliphatic carboxylic acids is 1. The molecule has 37 heavy (non-hydrogen) atoms. The molecule has 4 atom stereocenters. The van der Waals surface area contributed by atoms with Gasteiger partial charge in [-0.3, -0.25) is 25.2 Å². The van der Waals surface area contributed by atoms with Crippen LogP contribution in [0.5, 0.6) is 0 Å². The van der Waals surface area contributed by atoms with Crippen molar-refractivity contribution < 1.29 is 24.3 Å². The van der Waals surface area contributed by atoms with Gasteiger partial charge in [0.15, 0.2) is 11.9 Å². The molecule has 0 aliphatic rings. The first kappa shape index (κ1) is 33.7. The zero-order chi connectivity index (χ0) is 28.5. The second-order valence-electron chi connectivity index (χ2n) is 8.91. The summed E-state index contributed by atoms with van der Waals surface area (Å²) in [4.78, 5) is 50.1. The van der Waals surface area contributed by atoms with Crippen LogP contribution in [0.15, 0.2) is 0 Å². The highest BCUT2D eigenvalue weighted by Crippen LogP contribution is 2.08. The summed E-state index contributed by atoms with van der Waals surface area (Å²) in [5.74, 6) is -3.57. The van der Waals surface area contributed by atoms with Gasteiger partial charge >= 0.3 is 5.97 Å². The maximum atomic E-state index is 13.1. The lowest BCUT2D eigenvalue weighted by Crippen LogP contribution is -2.57. The van der Waals surface area contributed by atoms with Crippen molar-refractivity contribution in [3.63, 3.8) is 0 Å². The maximum Gasteiger partial charge on any atom is 0.326 e. The summed E-state index contributed by atoms with van der Waals surface area (Å²) < 4.78 is 0. The molecule has 0 aromatic heterocycles. The number of carboxylic acids is 1. The monoisotopic (exact) mass is 546 g/mol. The van der Waals surface area contributed by atoms with Gasteiger partial charge in [-0.25, -0.2) is 4.79 Å². The predicted molar refractivity (Wildman–Crippen MR) is 143 cm³/mol. The molecule has 0 bridgehead atoms. The third-order valence-corrected chi connectivity index (χ3v) is 5.48. The molecule has 0 rings (SSSR count). The number of hydrogen-bond acceptors (Lipinski definition) is 8. The van der Waals surface area contributed by atoms with Crippen molar-refractivity contribution in [1.29, 1.82) is 10.8 Å². The first-order valence-electron chi connectivity index (χ1n) is 11.9. The summed E-state index contributed by atoms with van der Waals surface area (Å²) in [5.41, 5.74) is 16.2. The smallest absolute Gasteiger partial charge is 0.326 e. The number of carbonyl (C=O) groups is 4. The summed E-state index contributed by atoms with van der Waals surface area (Å²) >= 11 is 3.99. The van der Waals surface area contributed by atoms with Gasteiger partial charge in [-0.05, 0) is 38.0 Å². The van der Waals surface area contributed by atoms with Crippen LogP contribution in [0.4, 0.5) is 0 Å². The van der Waals surface area contributed by atoms with E-state index in [1.54, 1.807) is 0 Å². The fourth-order valence-electron chi connectivity index (χ4n) is 3.19. The molecule has 16 heteroatoms. The lowest BCUT2D eigenvalue weighted by molar-refractivity contribution is -0.142. The molecule has 0 spiro atoms. The Balaban J connectivity index is 5.51. The Hall–Kier alpha value is -3.27. The van der Waals surface area contributed by atoms with Crippen molar-refractivity contribution in [3.8, 4) is 0 Å². The fourth-order valence-corrected chi connectivity index (χ4v) is 3.36. The number of guanidine groups is 2. The summed E-state index contributed by atoms with van der Waals surface area (Å²) in [6.07, 6.45) is 1.07. The Morgan fingerprint density at radius 3 is 1.68 bits per heavy atom. The molecule has 0 unspecified atom stereocenters. The summed E-state index contributed by atoms with van der Waals surface area (Å²) in [5, 5.41) is 36.7. The van der Waals surface area contributed by atoms with Crippen molar-refractivity contribution in [2.75, 3.05) is 18.8 Å². The van der Waals surface area contributed by atoms with Gasteiger partial charge in [0.1, 0.15) is 18.1 Å². The van der Waals surface area contributed by atoms with Crippen LogP contribution in [0.1, 0.15) is 46.0 Å². The van der Waals surface area contributed by atoms with Crippen molar-refractivity contribution >= 4 is 48.2 Å². The Bertz CT molecular complexity index is 798. The number of nitrogens with one attached hydrogen (secondary N) is 7. The lowest BCUT2D eigenvalue weighted by Gasteiger charge is -2.26. The predicted octanol–water partition coefficient (Wildman–Crippen LogP) is -2.64. The molecule has 0 aromatic carbocycles. The molecule has 0 saturated carbocycles. The van der Waals surface area contributed by atoms with Gasteiger partial charge < -0.3 is 48.9 Å². The minimum atomic E-state index is -1.26. The van der Waals surface area contributed by atoms with Gasteiger partial charge in [0, 0.05) is 18.8 Å². The maximum absolute atomic E-state index is 13.1. The van der Waals surface area contributed by atoms with Gasteiger partial charge in [-0.1, -0.05) is 13.8 Å². The molecule has 0 radical (unpaired) electrons. The fraction of sp³-hybridized carbons (Fsp3) is 0.714. The molecule has 3 amide bonds.